The maximum Gasteiger partial charge on any atom is 0.217 e. The van der Waals surface area contributed by atoms with Crippen LogP contribution in [0.4, 0.5) is 0 Å². The molecule has 4 nitrogen and oxygen atoms in total. The second-order valence-corrected chi connectivity index (χ2v) is 9.36. The van der Waals surface area contributed by atoms with Gasteiger partial charge in [0.2, 0.25) is 5.91 Å². The molecule has 3 aliphatic rings. The minimum absolute atomic E-state index is 0.0594. The predicted octanol–water partition coefficient (Wildman–Crippen LogP) is 4.49. The first-order valence-electron chi connectivity index (χ1n) is 10.5. The molecule has 2 bridgehead atoms. The van der Waals surface area contributed by atoms with E-state index >= 15 is 0 Å². The van der Waals surface area contributed by atoms with Crippen molar-refractivity contribution in [3.63, 3.8) is 0 Å². The number of carbonyl (C=O) groups excluding carboxylic acids is 1. The molecule has 0 unspecified atom stereocenters. The predicted molar refractivity (Wildman–Crippen MR) is 106 cm³/mol. The third-order valence-electron chi connectivity index (χ3n) is 7.54. The molecule has 148 valence electrons. The van der Waals surface area contributed by atoms with Crippen molar-refractivity contribution in [1.82, 2.24) is 5.32 Å². The highest BCUT2D eigenvalue weighted by molar-refractivity contribution is 5.73. The van der Waals surface area contributed by atoms with Crippen molar-refractivity contribution in [3.8, 4) is 5.75 Å². The average molecular weight is 372 g/mol. The molecule has 5 atom stereocenters. The van der Waals surface area contributed by atoms with Crippen molar-refractivity contribution in [3.05, 3.63) is 29.8 Å². The Labute approximate surface area is 163 Å². The van der Waals surface area contributed by atoms with Crippen LogP contribution >= 0.6 is 0 Å². The summed E-state index contributed by atoms with van der Waals surface area (Å²) >= 11 is 0. The molecular weight excluding hydrogens is 338 g/mol. The molecule has 1 amide bonds. The third kappa shape index (κ3) is 2.88. The van der Waals surface area contributed by atoms with Crippen molar-refractivity contribution in [2.75, 3.05) is 13.2 Å². The van der Waals surface area contributed by atoms with E-state index in [9.17, 15) is 4.79 Å². The quantitative estimate of drug-likeness (QED) is 0.829. The van der Waals surface area contributed by atoms with E-state index < -0.39 is 0 Å². The average Bonchev–Trinajstić information content (AvgIpc) is 3.13. The van der Waals surface area contributed by atoms with Gasteiger partial charge in [0.25, 0.3) is 0 Å². The van der Waals surface area contributed by atoms with Crippen LogP contribution in [0.15, 0.2) is 24.3 Å². The Morgan fingerprint density at radius 2 is 2.11 bits per heavy atom. The number of para-hydroxylation sites is 1. The first-order chi connectivity index (χ1) is 12.9. The topological polar surface area (TPSA) is 47.6 Å². The first kappa shape index (κ1) is 18.8. The first-order valence-corrected chi connectivity index (χ1v) is 10.5. The highest BCUT2D eigenvalue weighted by Crippen LogP contribution is 2.70. The highest BCUT2D eigenvalue weighted by atomic mass is 16.5. The lowest BCUT2D eigenvalue weighted by atomic mass is 9.58. The lowest BCUT2D eigenvalue weighted by Gasteiger charge is -2.53. The molecule has 2 aliphatic carbocycles. The van der Waals surface area contributed by atoms with E-state index in [0.717, 1.165) is 31.8 Å². The van der Waals surface area contributed by atoms with E-state index in [2.05, 4.69) is 44.3 Å². The Bertz CT molecular complexity index is 715. The smallest absolute Gasteiger partial charge is 0.217 e. The molecule has 0 radical (unpaired) electrons. The summed E-state index contributed by atoms with van der Waals surface area (Å²) in [4.78, 5) is 12.0. The van der Waals surface area contributed by atoms with Crippen LogP contribution < -0.4 is 10.1 Å². The fourth-order valence-electron chi connectivity index (χ4n) is 6.36. The van der Waals surface area contributed by atoms with Crippen LogP contribution in [0, 0.1) is 22.7 Å². The van der Waals surface area contributed by atoms with Gasteiger partial charge in [-0.05, 0) is 54.4 Å². The number of ether oxygens (including phenoxy) is 2. The van der Waals surface area contributed by atoms with Crippen LogP contribution in [0.3, 0.4) is 0 Å². The molecule has 3 fully saturated rings. The van der Waals surface area contributed by atoms with Crippen LogP contribution in [0.25, 0.3) is 0 Å². The van der Waals surface area contributed by atoms with Gasteiger partial charge in [-0.2, -0.15) is 0 Å². The lowest BCUT2D eigenvalue weighted by molar-refractivity contribution is -0.136. The summed E-state index contributed by atoms with van der Waals surface area (Å²) in [6.45, 7) is 9.94. The number of benzene rings is 1. The van der Waals surface area contributed by atoms with Crippen molar-refractivity contribution >= 4 is 5.91 Å². The number of nitrogens with one attached hydrogen (secondary N) is 1. The van der Waals surface area contributed by atoms with Gasteiger partial charge in [0, 0.05) is 25.1 Å². The molecule has 1 aromatic rings. The van der Waals surface area contributed by atoms with Gasteiger partial charge in [0.1, 0.15) is 5.75 Å². The standard InChI is InChI=1S/C23H33NO3/c1-5-11-26-19-9-7-6-8-17(19)20-18-13-16-14-23(18,10-12-27-20)21(22(16,3)4)24-15(2)25/h6-9,16,18,20-21H,5,10-14H2,1-4H3,(H,24,25)/t16-,18-,20-,21-,23-/m1/s1. The van der Waals surface area contributed by atoms with Crippen molar-refractivity contribution in [1.29, 1.82) is 0 Å². The van der Waals surface area contributed by atoms with Crippen molar-refractivity contribution in [2.24, 2.45) is 22.7 Å². The van der Waals surface area contributed by atoms with Crippen molar-refractivity contribution in [2.45, 2.75) is 65.5 Å². The van der Waals surface area contributed by atoms with Crippen molar-refractivity contribution < 1.29 is 14.3 Å². The Hall–Kier alpha value is -1.55. The minimum atomic E-state index is 0.0594. The summed E-state index contributed by atoms with van der Waals surface area (Å²) in [6, 6.07) is 8.58. The molecule has 27 heavy (non-hydrogen) atoms. The molecule has 1 heterocycles. The van der Waals surface area contributed by atoms with Crippen LogP contribution in [-0.2, 0) is 9.53 Å². The summed E-state index contributed by atoms with van der Waals surface area (Å²) in [5.41, 5.74) is 1.46. The maximum atomic E-state index is 12.0. The number of rotatable bonds is 5. The Kier molecular flexibility index (Phi) is 4.74. The molecule has 1 N–H and O–H groups in total. The Morgan fingerprint density at radius 1 is 1.33 bits per heavy atom. The summed E-state index contributed by atoms with van der Waals surface area (Å²) in [7, 11) is 0. The fourth-order valence-corrected chi connectivity index (χ4v) is 6.36. The monoisotopic (exact) mass is 371 g/mol. The van der Waals surface area contributed by atoms with Gasteiger partial charge >= 0.3 is 0 Å². The molecule has 2 saturated carbocycles. The molecule has 4 heteroatoms. The number of fused-ring (bicyclic) bond motifs is 1. The van der Waals surface area contributed by atoms with E-state index in [1.807, 2.05) is 6.07 Å². The molecule has 4 rings (SSSR count). The normalized spacial score (nSPS) is 36.3. The second kappa shape index (κ2) is 6.80. The maximum absolute atomic E-state index is 12.0. The lowest BCUT2D eigenvalue weighted by Crippen LogP contribution is -2.58. The van der Waals surface area contributed by atoms with E-state index in [1.54, 1.807) is 6.92 Å². The summed E-state index contributed by atoms with van der Waals surface area (Å²) in [5.74, 6) is 2.11. The van der Waals surface area contributed by atoms with Gasteiger partial charge < -0.3 is 14.8 Å². The van der Waals surface area contributed by atoms with Crippen LogP contribution in [0.5, 0.6) is 5.75 Å². The number of hydrogen-bond acceptors (Lipinski definition) is 3. The minimum Gasteiger partial charge on any atom is -0.493 e. The van der Waals surface area contributed by atoms with Gasteiger partial charge in [-0.1, -0.05) is 39.0 Å². The van der Waals surface area contributed by atoms with E-state index in [0.29, 0.717) is 11.8 Å². The fraction of sp³-hybridized carbons (Fsp3) is 0.696. The van der Waals surface area contributed by atoms with Crippen LogP contribution in [-0.4, -0.2) is 25.2 Å². The number of hydrogen-bond donors (Lipinski definition) is 1. The van der Waals surface area contributed by atoms with Crippen LogP contribution in [0.1, 0.15) is 65.0 Å². The van der Waals surface area contributed by atoms with Gasteiger partial charge in [-0.15, -0.1) is 0 Å². The SMILES string of the molecule is CCCOc1ccccc1[C@H]1OCC[C@@]23C[C@@H](C[C@H]12)C(C)(C)[C@H]3NC(C)=O. The summed E-state index contributed by atoms with van der Waals surface area (Å²) in [6.07, 6.45) is 4.47. The summed E-state index contributed by atoms with van der Waals surface area (Å²) in [5, 5.41) is 3.35. The third-order valence-corrected chi connectivity index (χ3v) is 7.54. The Balaban J connectivity index is 1.69. The van der Waals surface area contributed by atoms with Gasteiger partial charge in [0.05, 0.1) is 12.7 Å². The van der Waals surface area contributed by atoms with E-state index in [4.69, 9.17) is 9.47 Å². The molecule has 1 spiro atoms. The van der Waals surface area contributed by atoms with Gasteiger partial charge in [-0.25, -0.2) is 0 Å². The zero-order chi connectivity index (χ0) is 19.2. The van der Waals surface area contributed by atoms with E-state index in [1.165, 1.54) is 18.4 Å². The summed E-state index contributed by atoms with van der Waals surface area (Å²) < 4.78 is 12.4. The van der Waals surface area contributed by atoms with E-state index in [-0.39, 0.29) is 28.9 Å². The number of amides is 1. The zero-order valence-corrected chi connectivity index (χ0v) is 17.1. The van der Waals surface area contributed by atoms with Gasteiger partial charge in [-0.3, -0.25) is 4.79 Å². The zero-order valence-electron chi connectivity index (χ0n) is 17.1. The number of carbonyl (C=O) groups is 1. The highest BCUT2D eigenvalue weighted by Gasteiger charge is 2.68. The largest absolute Gasteiger partial charge is 0.493 e. The van der Waals surface area contributed by atoms with Gasteiger partial charge in [0.15, 0.2) is 0 Å². The molecular formula is C23H33NO3. The molecule has 1 aliphatic heterocycles. The molecule has 1 saturated heterocycles. The molecule has 1 aromatic carbocycles. The second-order valence-electron chi connectivity index (χ2n) is 9.36. The Morgan fingerprint density at radius 3 is 2.85 bits per heavy atom. The van der Waals surface area contributed by atoms with Crippen LogP contribution in [0.2, 0.25) is 0 Å². The molecule has 0 aromatic heterocycles.